The number of ether oxygens (including phenoxy) is 1. The molecule has 2 aromatic carbocycles. The van der Waals surface area contributed by atoms with Gasteiger partial charge in [0, 0.05) is 5.69 Å². The number of carbonyl (C=O) groups excluding carboxylic acids is 3. The highest BCUT2D eigenvalue weighted by molar-refractivity contribution is 9.10. The van der Waals surface area contributed by atoms with Crippen molar-refractivity contribution in [2.45, 2.75) is 6.92 Å². The number of thioether (sulfide) groups is 1. The number of halogens is 3. The molecule has 0 saturated carbocycles. The monoisotopic (exact) mass is 528 g/mol. The Balaban J connectivity index is 1.74. The number of rotatable bonds is 6. The number of amides is 3. The highest BCUT2D eigenvalue weighted by Gasteiger charge is 2.36. The second-order valence-electron chi connectivity index (χ2n) is 6.23. The van der Waals surface area contributed by atoms with Crippen molar-refractivity contribution >= 4 is 68.1 Å². The first kappa shape index (κ1) is 23.1. The lowest BCUT2D eigenvalue weighted by atomic mass is 10.2. The van der Waals surface area contributed by atoms with Crippen molar-refractivity contribution in [2.24, 2.45) is 0 Å². The van der Waals surface area contributed by atoms with Gasteiger partial charge in [0.15, 0.2) is 11.5 Å². The van der Waals surface area contributed by atoms with E-state index in [1.54, 1.807) is 13.0 Å². The van der Waals surface area contributed by atoms with Gasteiger partial charge >= 0.3 is 0 Å². The highest BCUT2D eigenvalue weighted by Crippen LogP contribution is 2.38. The first-order valence-electron chi connectivity index (χ1n) is 8.85. The van der Waals surface area contributed by atoms with Crippen LogP contribution in [0.2, 0.25) is 5.02 Å². The molecule has 1 fully saturated rings. The second kappa shape index (κ2) is 9.71. The van der Waals surface area contributed by atoms with Gasteiger partial charge in [0.1, 0.15) is 12.4 Å². The van der Waals surface area contributed by atoms with Crippen LogP contribution < -0.4 is 10.1 Å². The maximum absolute atomic E-state index is 13.2. The molecule has 0 radical (unpaired) electrons. The summed E-state index contributed by atoms with van der Waals surface area (Å²) >= 11 is 9.58. The smallest absolute Gasteiger partial charge is 0.294 e. The molecule has 0 bridgehead atoms. The molecule has 0 aliphatic carbocycles. The van der Waals surface area contributed by atoms with Crippen molar-refractivity contribution in [1.29, 1.82) is 0 Å². The van der Waals surface area contributed by atoms with Crippen molar-refractivity contribution in [3.63, 3.8) is 0 Å². The molecule has 0 aromatic heterocycles. The summed E-state index contributed by atoms with van der Waals surface area (Å²) in [6, 6.07) is 6.72. The Morgan fingerprint density at radius 3 is 2.77 bits per heavy atom. The van der Waals surface area contributed by atoms with Crippen LogP contribution in [0.15, 0.2) is 39.7 Å². The predicted octanol–water partition coefficient (Wildman–Crippen LogP) is 5.02. The van der Waals surface area contributed by atoms with Crippen LogP contribution in [-0.4, -0.2) is 40.2 Å². The number of hydrogen-bond donors (Lipinski definition) is 2. The van der Waals surface area contributed by atoms with Gasteiger partial charge in [-0.2, -0.15) is 0 Å². The summed E-state index contributed by atoms with van der Waals surface area (Å²) in [5.74, 6) is -1.77. The van der Waals surface area contributed by atoms with Crippen LogP contribution in [0.5, 0.6) is 11.5 Å². The number of anilines is 1. The minimum Gasteiger partial charge on any atom is -0.503 e. The Morgan fingerprint density at radius 1 is 1.35 bits per heavy atom. The molecule has 7 nitrogen and oxygen atoms in total. The number of hydrogen-bond acceptors (Lipinski definition) is 6. The summed E-state index contributed by atoms with van der Waals surface area (Å²) in [6.45, 7) is 1.57. The van der Waals surface area contributed by atoms with Crippen LogP contribution in [0.3, 0.4) is 0 Å². The summed E-state index contributed by atoms with van der Waals surface area (Å²) < 4.78 is 18.9. The van der Waals surface area contributed by atoms with E-state index in [0.29, 0.717) is 28.4 Å². The van der Waals surface area contributed by atoms with Crippen LogP contribution in [0.4, 0.5) is 14.9 Å². The first-order valence-corrected chi connectivity index (χ1v) is 10.8. The zero-order chi connectivity index (χ0) is 22.7. The Kier molecular flexibility index (Phi) is 7.24. The molecule has 3 rings (SSSR count). The number of phenols is 1. The lowest BCUT2D eigenvalue weighted by Gasteiger charge is -2.12. The third-order valence-corrected chi connectivity index (χ3v) is 5.83. The lowest BCUT2D eigenvalue weighted by molar-refractivity contribution is -0.127. The molecule has 2 aromatic rings. The Hall–Kier alpha value is -2.56. The highest BCUT2D eigenvalue weighted by atomic mass is 79.9. The quantitative estimate of drug-likeness (QED) is 0.510. The Morgan fingerprint density at radius 2 is 2.10 bits per heavy atom. The van der Waals surface area contributed by atoms with Crippen LogP contribution in [-0.2, 0) is 9.59 Å². The SMILES string of the molecule is CCOc1cc(/C=C2/SC(=O)N(CC(=O)Nc3ccc(F)c(Cl)c3)C2=O)cc(Br)c1O. The number of imide groups is 1. The molecule has 11 heteroatoms. The number of nitrogens with one attached hydrogen (secondary N) is 1. The molecule has 3 amide bonds. The largest absolute Gasteiger partial charge is 0.503 e. The number of nitrogens with zero attached hydrogens (tertiary/aromatic N) is 1. The Bertz CT molecular complexity index is 1110. The maximum Gasteiger partial charge on any atom is 0.294 e. The summed E-state index contributed by atoms with van der Waals surface area (Å²) in [5.41, 5.74) is 0.750. The molecule has 31 heavy (non-hydrogen) atoms. The standard InChI is InChI=1S/C20H15BrClFN2O5S/c1-2-30-15-6-10(5-12(21)18(15)27)7-16-19(28)25(20(29)31-16)9-17(26)24-11-3-4-14(23)13(22)8-11/h3-8,27H,2,9H2,1H3,(H,24,26)/b16-7+. The molecule has 162 valence electrons. The van der Waals surface area contributed by atoms with Gasteiger partial charge < -0.3 is 15.2 Å². The van der Waals surface area contributed by atoms with Gasteiger partial charge in [-0.3, -0.25) is 19.3 Å². The molecule has 1 saturated heterocycles. The van der Waals surface area contributed by atoms with Crippen LogP contribution in [0.25, 0.3) is 6.08 Å². The van der Waals surface area contributed by atoms with E-state index in [2.05, 4.69) is 21.2 Å². The predicted molar refractivity (Wildman–Crippen MR) is 120 cm³/mol. The van der Waals surface area contributed by atoms with Crippen molar-refractivity contribution in [3.8, 4) is 11.5 Å². The van der Waals surface area contributed by atoms with E-state index in [-0.39, 0.29) is 27.1 Å². The fourth-order valence-corrected chi connectivity index (χ4v) is 4.13. The average molecular weight is 530 g/mol. The third kappa shape index (κ3) is 5.38. The molecule has 2 N–H and O–H groups in total. The topological polar surface area (TPSA) is 95.9 Å². The molecule has 0 unspecified atom stereocenters. The maximum atomic E-state index is 13.2. The zero-order valence-corrected chi connectivity index (χ0v) is 19.1. The number of phenolic OH excluding ortho intramolecular Hbond substituents is 1. The number of benzene rings is 2. The lowest BCUT2D eigenvalue weighted by Crippen LogP contribution is -2.36. The summed E-state index contributed by atoms with van der Waals surface area (Å²) in [4.78, 5) is 38.1. The van der Waals surface area contributed by atoms with Gasteiger partial charge in [-0.05, 0) is 76.6 Å². The minimum absolute atomic E-state index is 0.0790. The molecule has 0 atom stereocenters. The Labute approximate surface area is 194 Å². The van der Waals surface area contributed by atoms with Crippen molar-refractivity contribution < 1.29 is 28.6 Å². The molecule has 1 aliphatic rings. The van der Waals surface area contributed by atoms with E-state index in [4.69, 9.17) is 16.3 Å². The molecular weight excluding hydrogens is 515 g/mol. The van der Waals surface area contributed by atoms with Gasteiger partial charge in [-0.25, -0.2) is 4.39 Å². The van der Waals surface area contributed by atoms with Crippen LogP contribution in [0, 0.1) is 5.82 Å². The second-order valence-corrected chi connectivity index (χ2v) is 8.48. The molecular formula is C20H15BrClFN2O5S. The van der Waals surface area contributed by atoms with E-state index in [1.807, 2.05) is 0 Å². The van der Waals surface area contributed by atoms with Gasteiger partial charge in [0.2, 0.25) is 5.91 Å². The number of aromatic hydroxyl groups is 1. The van der Waals surface area contributed by atoms with E-state index in [9.17, 15) is 23.9 Å². The van der Waals surface area contributed by atoms with Crippen LogP contribution in [0.1, 0.15) is 12.5 Å². The van der Waals surface area contributed by atoms with Crippen molar-refractivity contribution in [2.75, 3.05) is 18.5 Å². The third-order valence-electron chi connectivity index (χ3n) is 4.03. The van der Waals surface area contributed by atoms with Gasteiger partial charge in [0.05, 0.1) is 21.0 Å². The zero-order valence-electron chi connectivity index (χ0n) is 15.9. The summed E-state index contributed by atoms with van der Waals surface area (Å²) in [5, 5.41) is 11.7. The van der Waals surface area contributed by atoms with Crippen molar-refractivity contribution in [3.05, 3.63) is 56.1 Å². The first-order chi connectivity index (χ1) is 14.7. The fraction of sp³-hybridized carbons (Fsp3) is 0.150. The molecule has 1 aliphatic heterocycles. The van der Waals surface area contributed by atoms with Gasteiger partial charge in [-0.15, -0.1) is 0 Å². The van der Waals surface area contributed by atoms with E-state index in [0.717, 1.165) is 11.0 Å². The molecule has 1 heterocycles. The van der Waals surface area contributed by atoms with Gasteiger partial charge in [-0.1, -0.05) is 11.6 Å². The number of carbonyl (C=O) groups is 3. The normalized spacial score (nSPS) is 15.0. The van der Waals surface area contributed by atoms with Crippen molar-refractivity contribution in [1.82, 2.24) is 4.90 Å². The average Bonchev–Trinajstić information content (AvgIpc) is 2.96. The van der Waals surface area contributed by atoms with E-state index in [1.165, 1.54) is 24.3 Å². The fourth-order valence-electron chi connectivity index (χ4n) is 2.65. The molecule has 0 spiro atoms. The van der Waals surface area contributed by atoms with E-state index < -0.39 is 29.4 Å². The van der Waals surface area contributed by atoms with Crippen LogP contribution >= 0.6 is 39.3 Å². The van der Waals surface area contributed by atoms with Gasteiger partial charge in [0.25, 0.3) is 11.1 Å². The summed E-state index contributed by atoms with van der Waals surface area (Å²) in [7, 11) is 0. The van der Waals surface area contributed by atoms with E-state index >= 15 is 0 Å². The minimum atomic E-state index is -0.641. The summed E-state index contributed by atoms with van der Waals surface area (Å²) in [6.07, 6.45) is 1.47.